The molecule has 1 amide bonds. The molecule has 0 bridgehead atoms. The minimum Gasteiger partial charge on any atom is -0.497 e. The number of nitrogens with zero attached hydrogens (tertiary/aromatic N) is 3. The molecule has 0 unspecified atom stereocenters. The zero-order chi connectivity index (χ0) is 21.6. The van der Waals surface area contributed by atoms with Crippen molar-refractivity contribution in [2.75, 3.05) is 25.1 Å². The van der Waals surface area contributed by atoms with Crippen molar-refractivity contribution in [3.8, 4) is 17.1 Å². The molecule has 6 heteroatoms. The van der Waals surface area contributed by atoms with Crippen molar-refractivity contribution in [2.45, 2.75) is 26.3 Å². The summed E-state index contributed by atoms with van der Waals surface area (Å²) in [6.07, 6.45) is 3.44. The van der Waals surface area contributed by atoms with E-state index in [2.05, 4.69) is 34.3 Å². The van der Waals surface area contributed by atoms with Crippen molar-refractivity contribution in [3.63, 3.8) is 0 Å². The van der Waals surface area contributed by atoms with Gasteiger partial charge in [-0.05, 0) is 49.6 Å². The molecular formula is C25H28N4O2. The van der Waals surface area contributed by atoms with Gasteiger partial charge in [-0.2, -0.15) is 0 Å². The minimum absolute atomic E-state index is 0.0277. The first-order valence-corrected chi connectivity index (χ1v) is 10.7. The van der Waals surface area contributed by atoms with Gasteiger partial charge in [0, 0.05) is 37.3 Å². The number of ether oxygens (including phenoxy) is 1. The van der Waals surface area contributed by atoms with Gasteiger partial charge in [0.25, 0.3) is 0 Å². The Bertz CT molecular complexity index is 1040. The second-order valence-electron chi connectivity index (χ2n) is 7.94. The van der Waals surface area contributed by atoms with E-state index in [1.165, 1.54) is 5.56 Å². The summed E-state index contributed by atoms with van der Waals surface area (Å²) in [6, 6.07) is 17.9. The van der Waals surface area contributed by atoms with Crippen LogP contribution in [0.4, 0.5) is 5.82 Å². The van der Waals surface area contributed by atoms with Crippen LogP contribution in [0, 0.1) is 12.8 Å². The van der Waals surface area contributed by atoms with E-state index in [4.69, 9.17) is 9.72 Å². The number of aryl methyl sites for hydroxylation is 1. The topological polar surface area (TPSA) is 67.3 Å². The van der Waals surface area contributed by atoms with Crippen LogP contribution in [0.5, 0.6) is 5.75 Å². The van der Waals surface area contributed by atoms with Crippen LogP contribution in [0.25, 0.3) is 11.4 Å². The molecule has 1 fully saturated rings. The molecule has 0 aliphatic carbocycles. The first-order chi connectivity index (χ1) is 15.1. The first kappa shape index (κ1) is 20.8. The number of aromatic nitrogens is 2. The number of benzene rings is 2. The molecule has 1 aromatic heterocycles. The van der Waals surface area contributed by atoms with Crippen LogP contribution in [-0.4, -0.2) is 36.1 Å². The molecular weight excluding hydrogens is 388 g/mol. The van der Waals surface area contributed by atoms with Gasteiger partial charge in [-0.1, -0.05) is 35.9 Å². The van der Waals surface area contributed by atoms with Crippen LogP contribution in [0.2, 0.25) is 0 Å². The van der Waals surface area contributed by atoms with Crippen LogP contribution in [0.15, 0.2) is 60.8 Å². The number of carbonyl (C=O) groups is 1. The lowest BCUT2D eigenvalue weighted by Crippen LogP contribution is -2.40. The van der Waals surface area contributed by atoms with E-state index in [1.54, 1.807) is 7.11 Å². The summed E-state index contributed by atoms with van der Waals surface area (Å²) in [4.78, 5) is 24.1. The quantitative estimate of drug-likeness (QED) is 0.658. The monoisotopic (exact) mass is 416 g/mol. The smallest absolute Gasteiger partial charge is 0.223 e. The number of methoxy groups -OCH3 is 1. The number of rotatable bonds is 6. The molecule has 4 rings (SSSR count). The van der Waals surface area contributed by atoms with Crippen molar-refractivity contribution < 1.29 is 9.53 Å². The summed E-state index contributed by atoms with van der Waals surface area (Å²) in [7, 11) is 1.65. The maximum Gasteiger partial charge on any atom is 0.223 e. The van der Waals surface area contributed by atoms with Crippen molar-refractivity contribution in [3.05, 3.63) is 71.9 Å². The molecule has 2 heterocycles. The zero-order valence-corrected chi connectivity index (χ0v) is 18.0. The number of hydrogen-bond acceptors (Lipinski definition) is 5. The number of hydrogen-bond donors (Lipinski definition) is 1. The Hall–Kier alpha value is -3.41. The molecule has 160 valence electrons. The van der Waals surface area contributed by atoms with Gasteiger partial charge in [-0.15, -0.1) is 0 Å². The van der Waals surface area contributed by atoms with E-state index in [-0.39, 0.29) is 11.8 Å². The number of amides is 1. The minimum atomic E-state index is 0.0277. The van der Waals surface area contributed by atoms with E-state index < -0.39 is 0 Å². The molecule has 1 aliphatic heterocycles. The highest BCUT2D eigenvalue weighted by atomic mass is 16.5. The molecule has 0 spiro atoms. The summed E-state index contributed by atoms with van der Waals surface area (Å²) in [5, 5.41) is 3.07. The third-order valence-corrected chi connectivity index (χ3v) is 5.71. The highest BCUT2D eigenvalue weighted by molar-refractivity contribution is 5.79. The van der Waals surface area contributed by atoms with E-state index in [9.17, 15) is 4.79 Å². The van der Waals surface area contributed by atoms with Crippen LogP contribution < -0.4 is 15.0 Å². The van der Waals surface area contributed by atoms with Gasteiger partial charge in [0.05, 0.1) is 7.11 Å². The molecule has 3 aromatic rings. The normalized spacial score (nSPS) is 14.3. The number of carbonyl (C=O) groups excluding carboxylic acids is 1. The molecule has 1 saturated heterocycles. The summed E-state index contributed by atoms with van der Waals surface area (Å²) >= 11 is 0. The lowest BCUT2D eigenvalue weighted by Gasteiger charge is -2.32. The zero-order valence-electron chi connectivity index (χ0n) is 18.0. The van der Waals surface area contributed by atoms with Crippen molar-refractivity contribution >= 4 is 11.7 Å². The second-order valence-corrected chi connectivity index (χ2v) is 7.94. The molecule has 2 aromatic carbocycles. The summed E-state index contributed by atoms with van der Waals surface area (Å²) in [5.74, 6) is 2.60. The van der Waals surface area contributed by atoms with Crippen LogP contribution >= 0.6 is 0 Å². The molecule has 0 atom stereocenters. The molecule has 31 heavy (non-hydrogen) atoms. The second kappa shape index (κ2) is 9.60. The number of anilines is 1. The van der Waals surface area contributed by atoms with Crippen molar-refractivity contribution in [1.29, 1.82) is 0 Å². The fraction of sp³-hybridized carbons (Fsp3) is 0.320. The van der Waals surface area contributed by atoms with Gasteiger partial charge >= 0.3 is 0 Å². The Labute approximate surface area is 183 Å². The van der Waals surface area contributed by atoms with Crippen molar-refractivity contribution in [2.24, 2.45) is 5.92 Å². The van der Waals surface area contributed by atoms with Gasteiger partial charge in [0.2, 0.25) is 5.91 Å². The summed E-state index contributed by atoms with van der Waals surface area (Å²) in [6.45, 7) is 4.20. The van der Waals surface area contributed by atoms with E-state index in [0.717, 1.165) is 54.4 Å². The number of piperidine rings is 1. The van der Waals surface area contributed by atoms with Gasteiger partial charge in [-0.3, -0.25) is 4.79 Å². The summed E-state index contributed by atoms with van der Waals surface area (Å²) in [5.41, 5.74) is 3.25. The predicted molar refractivity (Wildman–Crippen MR) is 122 cm³/mol. The molecule has 1 N–H and O–H groups in total. The SMILES string of the molecule is COc1cccc(CNC(=O)C2CCN(c3ccnc(-c4cccc(C)c4)n3)CC2)c1. The highest BCUT2D eigenvalue weighted by Gasteiger charge is 2.25. The van der Waals surface area contributed by atoms with Gasteiger partial charge in [0.15, 0.2) is 5.82 Å². The van der Waals surface area contributed by atoms with E-state index in [1.807, 2.05) is 48.7 Å². The third-order valence-electron chi connectivity index (χ3n) is 5.71. The standard InChI is InChI=1S/C25H28N4O2/c1-18-5-3-7-21(15-18)24-26-12-9-23(28-24)29-13-10-20(11-14-29)25(30)27-17-19-6-4-8-22(16-19)31-2/h3-9,12,15-16,20H,10-11,13-14,17H2,1-2H3,(H,27,30). The molecule has 0 saturated carbocycles. The summed E-state index contributed by atoms with van der Waals surface area (Å²) < 4.78 is 5.25. The Balaban J connectivity index is 1.33. The van der Waals surface area contributed by atoms with Crippen LogP contribution in [-0.2, 0) is 11.3 Å². The maximum absolute atomic E-state index is 12.7. The number of nitrogens with one attached hydrogen (secondary N) is 1. The Morgan fingerprint density at radius 2 is 1.94 bits per heavy atom. The van der Waals surface area contributed by atoms with E-state index in [0.29, 0.717) is 6.54 Å². The molecule has 0 radical (unpaired) electrons. The predicted octanol–water partition coefficient (Wildman–Crippen LogP) is 3.99. The average Bonchev–Trinajstić information content (AvgIpc) is 2.83. The lowest BCUT2D eigenvalue weighted by molar-refractivity contribution is -0.125. The molecule has 6 nitrogen and oxygen atoms in total. The Morgan fingerprint density at radius 1 is 1.13 bits per heavy atom. The van der Waals surface area contributed by atoms with Gasteiger partial charge in [0.1, 0.15) is 11.6 Å². The van der Waals surface area contributed by atoms with Gasteiger partial charge < -0.3 is 15.0 Å². The maximum atomic E-state index is 12.7. The molecule has 1 aliphatic rings. The fourth-order valence-electron chi connectivity index (χ4n) is 3.94. The largest absolute Gasteiger partial charge is 0.497 e. The average molecular weight is 417 g/mol. The lowest BCUT2D eigenvalue weighted by atomic mass is 9.96. The fourth-order valence-corrected chi connectivity index (χ4v) is 3.94. The Morgan fingerprint density at radius 3 is 2.71 bits per heavy atom. The van der Waals surface area contributed by atoms with Gasteiger partial charge in [-0.25, -0.2) is 9.97 Å². The van der Waals surface area contributed by atoms with Crippen molar-refractivity contribution in [1.82, 2.24) is 15.3 Å². The van der Waals surface area contributed by atoms with Crippen LogP contribution in [0.3, 0.4) is 0 Å². The first-order valence-electron chi connectivity index (χ1n) is 10.7. The third kappa shape index (κ3) is 5.20. The van der Waals surface area contributed by atoms with Crippen LogP contribution in [0.1, 0.15) is 24.0 Å². The highest BCUT2D eigenvalue weighted by Crippen LogP contribution is 2.24. The van der Waals surface area contributed by atoms with E-state index >= 15 is 0 Å². The Kier molecular flexibility index (Phi) is 6.46.